The highest BCUT2D eigenvalue weighted by molar-refractivity contribution is 6.30. The summed E-state index contributed by atoms with van der Waals surface area (Å²) in [7, 11) is 1.76. The molecule has 1 rings (SSSR count). The van der Waals surface area contributed by atoms with E-state index in [1.54, 1.807) is 11.7 Å². The second-order valence-corrected chi connectivity index (χ2v) is 6.29. The van der Waals surface area contributed by atoms with Crippen LogP contribution in [0.1, 0.15) is 37.9 Å². The van der Waals surface area contributed by atoms with Crippen LogP contribution in [-0.4, -0.2) is 33.9 Å². The second-order valence-electron chi connectivity index (χ2n) is 5.93. The fraction of sp³-hybridized carbons (Fsp3) is 0.714. The van der Waals surface area contributed by atoms with Gasteiger partial charge in [-0.25, -0.2) is 0 Å². The Morgan fingerprint density at radius 1 is 1.50 bits per heavy atom. The predicted molar refractivity (Wildman–Crippen MR) is 79.8 cm³/mol. The molecule has 0 spiro atoms. The maximum absolute atomic E-state index is 11.9. The normalized spacial score (nSPS) is 11.7. The molecule has 0 saturated carbocycles. The first-order valence-electron chi connectivity index (χ1n) is 6.82. The molecule has 0 aromatic carbocycles. The molecule has 0 bridgehead atoms. The average molecular weight is 302 g/mol. The SMILES string of the molecule is Cc1nn(C)c(Cl)c1CC(=O)NCCCC(C)(C)CO. The first kappa shape index (κ1) is 17.0. The summed E-state index contributed by atoms with van der Waals surface area (Å²) in [6.45, 7) is 6.63. The summed E-state index contributed by atoms with van der Waals surface area (Å²) in [6.07, 6.45) is 1.97. The van der Waals surface area contributed by atoms with E-state index in [0.717, 1.165) is 24.1 Å². The third kappa shape index (κ3) is 4.80. The lowest BCUT2D eigenvalue weighted by atomic mass is 9.89. The fourth-order valence-corrected chi connectivity index (χ4v) is 2.21. The van der Waals surface area contributed by atoms with Crippen LogP contribution in [0.2, 0.25) is 5.15 Å². The molecular weight excluding hydrogens is 278 g/mol. The van der Waals surface area contributed by atoms with Crippen molar-refractivity contribution in [2.24, 2.45) is 12.5 Å². The number of halogens is 1. The van der Waals surface area contributed by atoms with Gasteiger partial charge < -0.3 is 10.4 Å². The number of amides is 1. The van der Waals surface area contributed by atoms with Crippen molar-refractivity contribution in [3.05, 3.63) is 16.4 Å². The van der Waals surface area contributed by atoms with Gasteiger partial charge in [0.1, 0.15) is 5.15 Å². The zero-order chi connectivity index (χ0) is 15.3. The van der Waals surface area contributed by atoms with Crippen molar-refractivity contribution in [1.82, 2.24) is 15.1 Å². The van der Waals surface area contributed by atoms with E-state index < -0.39 is 0 Å². The third-order valence-corrected chi connectivity index (χ3v) is 3.86. The Labute approximate surface area is 125 Å². The minimum absolute atomic E-state index is 0.0511. The van der Waals surface area contributed by atoms with Gasteiger partial charge in [-0.2, -0.15) is 5.10 Å². The standard InChI is InChI=1S/C14H24ClN3O2/c1-10-11(13(15)18(4)17-10)8-12(20)16-7-5-6-14(2,3)9-19/h19H,5-9H2,1-4H3,(H,16,20). The number of hydrogen-bond acceptors (Lipinski definition) is 3. The first-order valence-corrected chi connectivity index (χ1v) is 7.20. The van der Waals surface area contributed by atoms with Crippen molar-refractivity contribution in [2.75, 3.05) is 13.2 Å². The summed E-state index contributed by atoms with van der Waals surface area (Å²) in [4.78, 5) is 11.9. The Morgan fingerprint density at radius 3 is 2.65 bits per heavy atom. The van der Waals surface area contributed by atoms with E-state index in [0.29, 0.717) is 11.7 Å². The molecule has 1 aromatic heterocycles. The molecule has 0 aliphatic rings. The van der Waals surface area contributed by atoms with Crippen LogP contribution in [0, 0.1) is 12.3 Å². The highest BCUT2D eigenvalue weighted by Crippen LogP contribution is 2.21. The van der Waals surface area contributed by atoms with Gasteiger partial charge in [0, 0.05) is 25.8 Å². The Balaban J connectivity index is 2.38. The van der Waals surface area contributed by atoms with Crippen LogP contribution in [0.15, 0.2) is 0 Å². The van der Waals surface area contributed by atoms with Gasteiger partial charge in [-0.3, -0.25) is 9.48 Å². The fourth-order valence-electron chi connectivity index (χ4n) is 1.97. The van der Waals surface area contributed by atoms with Crippen molar-refractivity contribution in [3.63, 3.8) is 0 Å². The van der Waals surface area contributed by atoms with E-state index in [9.17, 15) is 4.79 Å². The van der Waals surface area contributed by atoms with Gasteiger partial charge >= 0.3 is 0 Å². The van der Waals surface area contributed by atoms with Crippen LogP contribution in [0.3, 0.4) is 0 Å². The van der Waals surface area contributed by atoms with Crippen LogP contribution in [0.4, 0.5) is 0 Å². The largest absolute Gasteiger partial charge is 0.396 e. The predicted octanol–water partition coefficient (Wildman–Crippen LogP) is 1.84. The highest BCUT2D eigenvalue weighted by Gasteiger charge is 2.17. The van der Waals surface area contributed by atoms with Crippen molar-refractivity contribution in [2.45, 2.75) is 40.0 Å². The van der Waals surface area contributed by atoms with Crippen molar-refractivity contribution in [1.29, 1.82) is 0 Å². The summed E-state index contributed by atoms with van der Waals surface area (Å²) in [5.74, 6) is -0.0511. The number of rotatable bonds is 7. The van der Waals surface area contributed by atoms with Gasteiger partial charge in [0.05, 0.1) is 12.1 Å². The van der Waals surface area contributed by atoms with E-state index in [2.05, 4.69) is 10.4 Å². The van der Waals surface area contributed by atoms with Gasteiger partial charge in [-0.1, -0.05) is 25.4 Å². The molecule has 1 heterocycles. The van der Waals surface area contributed by atoms with E-state index in [-0.39, 0.29) is 24.3 Å². The highest BCUT2D eigenvalue weighted by atomic mass is 35.5. The second kappa shape index (κ2) is 7.09. The lowest BCUT2D eigenvalue weighted by Gasteiger charge is -2.21. The molecule has 0 saturated heterocycles. The van der Waals surface area contributed by atoms with E-state index in [1.165, 1.54) is 0 Å². The monoisotopic (exact) mass is 301 g/mol. The van der Waals surface area contributed by atoms with Crippen LogP contribution >= 0.6 is 11.6 Å². The summed E-state index contributed by atoms with van der Waals surface area (Å²) in [5.41, 5.74) is 1.48. The van der Waals surface area contributed by atoms with E-state index in [1.807, 2.05) is 20.8 Å². The smallest absolute Gasteiger partial charge is 0.224 e. The number of aliphatic hydroxyl groups is 1. The molecule has 114 valence electrons. The Morgan fingerprint density at radius 2 is 2.15 bits per heavy atom. The number of nitrogens with zero attached hydrogens (tertiary/aromatic N) is 2. The summed E-state index contributed by atoms with van der Waals surface area (Å²) in [6, 6.07) is 0. The molecule has 0 unspecified atom stereocenters. The van der Waals surface area contributed by atoms with Crippen LogP contribution in [0.5, 0.6) is 0 Å². The van der Waals surface area contributed by atoms with Crippen molar-refractivity contribution in [3.8, 4) is 0 Å². The van der Waals surface area contributed by atoms with E-state index >= 15 is 0 Å². The van der Waals surface area contributed by atoms with Crippen molar-refractivity contribution >= 4 is 17.5 Å². The number of aromatic nitrogens is 2. The maximum atomic E-state index is 11.9. The first-order chi connectivity index (χ1) is 9.26. The summed E-state index contributed by atoms with van der Waals surface area (Å²) in [5, 5.41) is 16.7. The number of hydrogen-bond donors (Lipinski definition) is 2. The van der Waals surface area contributed by atoms with Gasteiger partial charge in [-0.15, -0.1) is 0 Å². The van der Waals surface area contributed by atoms with E-state index in [4.69, 9.17) is 16.7 Å². The Kier molecular flexibility index (Phi) is 6.02. The lowest BCUT2D eigenvalue weighted by molar-refractivity contribution is -0.120. The third-order valence-electron chi connectivity index (χ3n) is 3.39. The lowest BCUT2D eigenvalue weighted by Crippen LogP contribution is -2.27. The zero-order valence-corrected chi connectivity index (χ0v) is 13.4. The van der Waals surface area contributed by atoms with Crippen LogP contribution < -0.4 is 5.32 Å². The topological polar surface area (TPSA) is 67.2 Å². The number of nitrogens with one attached hydrogen (secondary N) is 1. The molecule has 0 aliphatic heterocycles. The maximum Gasteiger partial charge on any atom is 0.224 e. The molecular formula is C14H24ClN3O2. The Hall–Kier alpha value is -1.07. The quantitative estimate of drug-likeness (QED) is 0.755. The minimum atomic E-state index is -0.0893. The number of aliphatic hydroxyl groups excluding tert-OH is 1. The van der Waals surface area contributed by atoms with Crippen LogP contribution in [0.25, 0.3) is 0 Å². The molecule has 20 heavy (non-hydrogen) atoms. The molecule has 6 heteroatoms. The number of aryl methyl sites for hydroxylation is 2. The molecule has 0 radical (unpaired) electrons. The summed E-state index contributed by atoms with van der Waals surface area (Å²) < 4.78 is 1.57. The molecule has 1 amide bonds. The summed E-state index contributed by atoms with van der Waals surface area (Å²) >= 11 is 6.09. The Bertz CT molecular complexity index is 469. The van der Waals surface area contributed by atoms with Gasteiger partial charge in [0.2, 0.25) is 5.91 Å². The molecule has 2 N–H and O–H groups in total. The van der Waals surface area contributed by atoms with Gasteiger partial charge in [0.15, 0.2) is 0 Å². The van der Waals surface area contributed by atoms with Gasteiger partial charge in [0.25, 0.3) is 0 Å². The molecule has 5 nitrogen and oxygen atoms in total. The zero-order valence-electron chi connectivity index (χ0n) is 12.7. The molecule has 0 aliphatic carbocycles. The minimum Gasteiger partial charge on any atom is -0.396 e. The number of carbonyl (C=O) groups is 1. The molecule has 1 aromatic rings. The molecule has 0 fully saturated rings. The van der Waals surface area contributed by atoms with Crippen molar-refractivity contribution < 1.29 is 9.90 Å². The number of carbonyl (C=O) groups excluding carboxylic acids is 1. The van der Waals surface area contributed by atoms with Crippen LogP contribution in [-0.2, 0) is 18.3 Å². The molecule has 0 atom stereocenters. The van der Waals surface area contributed by atoms with Gasteiger partial charge in [-0.05, 0) is 25.2 Å². The average Bonchev–Trinajstić information content (AvgIpc) is 2.61.